The zero-order valence-corrected chi connectivity index (χ0v) is 27.8. The van der Waals surface area contributed by atoms with Gasteiger partial charge in [-0.1, -0.05) is 128 Å². The Morgan fingerprint density at radius 2 is 1.19 bits per heavy atom. The van der Waals surface area contributed by atoms with Crippen molar-refractivity contribution in [3.05, 3.63) is 47.8 Å². The zero-order chi connectivity index (χ0) is 30.2. The lowest BCUT2D eigenvalue weighted by atomic mass is 9.67. The molecule has 0 atom stereocenters. The summed E-state index contributed by atoms with van der Waals surface area (Å²) in [6, 6.07) is 11.8. The van der Waals surface area contributed by atoms with Gasteiger partial charge in [0, 0.05) is 18.0 Å². The molecule has 4 rings (SSSR count). The SMILES string of the molecule is CCCCCCCCCC1CCC(c2cnc(-c3ccc(C4CCC(C#N)(CCCCCCCC)CC4)cc3)nc2)CC1. The molecule has 1 aromatic heterocycles. The summed E-state index contributed by atoms with van der Waals surface area (Å²) >= 11 is 0. The Kier molecular flexibility index (Phi) is 14.5. The number of hydrogen-bond donors (Lipinski definition) is 0. The highest BCUT2D eigenvalue weighted by atomic mass is 14.9. The van der Waals surface area contributed by atoms with Crippen LogP contribution in [0, 0.1) is 22.7 Å². The molecule has 0 saturated heterocycles. The van der Waals surface area contributed by atoms with Gasteiger partial charge in [-0.15, -0.1) is 0 Å². The van der Waals surface area contributed by atoms with Crippen molar-refractivity contribution in [2.75, 3.05) is 0 Å². The number of benzene rings is 1. The van der Waals surface area contributed by atoms with E-state index in [4.69, 9.17) is 9.97 Å². The van der Waals surface area contributed by atoms with E-state index in [0.717, 1.165) is 49.4 Å². The Labute approximate surface area is 264 Å². The molecule has 0 aliphatic heterocycles. The van der Waals surface area contributed by atoms with Gasteiger partial charge in [0.1, 0.15) is 0 Å². The molecule has 1 heterocycles. The van der Waals surface area contributed by atoms with Crippen LogP contribution < -0.4 is 0 Å². The van der Waals surface area contributed by atoms with Gasteiger partial charge in [0.2, 0.25) is 0 Å². The van der Waals surface area contributed by atoms with Gasteiger partial charge < -0.3 is 0 Å². The molecule has 0 amide bonds. The molecule has 2 aromatic rings. The molecule has 236 valence electrons. The van der Waals surface area contributed by atoms with E-state index >= 15 is 0 Å². The average molecular weight is 584 g/mol. The molecule has 2 aliphatic rings. The summed E-state index contributed by atoms with van der Waals surface area (Å²) in [6.07, 6.45) is 34.2. The van der Waals surface area contributed by atoms with Gasteiger partial charge in [0.05, 0.1) is 11.5 Å². The third-order valence-electron chi connectivity index (χ3n) is 11.0. The van der Waals surface area contributed by atoms with Crippen molar-refractivity contribution >= 4 is 0 Å². The molecule has 1 aromatic carbocycles. The molecule has 0 radical (unpaired) electrons. The minimum absolute atomic E-state index is 0.0798. The van der Waals surface area contributed by atoms with Gasteiger partial charge in [-0.2, -0.15) is 5.26 Å². The highest BCUT2D eigenvalue weighted by Gasteiger charge is 2.35. The van der Waals surface area contributed by atoms with Crippen LogP contribution in [0.4, 0.5) is 0 Å². The lowest BCUT2D eigenvalue weighted by Crippen LogP contribution is -2.25. The average Bonchev–Trinajstić information content (AvgIpc) is 3.07. The van der Waals surface area contributed by atoms with Gasteiger partial charge >= 0.3 is 0 Å². The Morgan fingerprint density at radius 1 is 0.651 bits per heavy atom. The first-order valence-corrected chi connectivity index (χ1v) is 18.5. The highest BCUT2D eigenvalue weighted by Crippen LogP contribution is 2.46. The second kappa shape index (κ2) is 18.6. The number of unbranched alkanes of at least 4 members (excludes halogenated alkanes) is 11. The van der Waals surface area contributed by atoms with Gasteiger partial charge in [-0.25, -0.2) is 9.97 Å². The standard InChI is InChI=1S/C40H61N3/c1-3-5-7-9-11-12-14-16-33-17-19-35(20-18-33)38-30-42-39(43-31-38)37-23-21-34(22-24-37)36-25-28-40(32-41,29-26-36)27-15-13-10-8-6-4-2/h21-24,30-31,33,35-36H,3-20,25-29H2,1-2H3. The van der Waals surface area contributed by atoms with Crippen molar-refractivity contribution in [2.24, 2.45) is 11.3 Å². The molecule has 0 unspecified atom stereocenters. The van der Waals surface area contributed by atoms with E-state index in [-0.39, 0.29) is 5.41 Å². The Hall–Kier alpha value is -2.21. The number of hydrogen-bond acceptors (Lipinski definition) is 3. The van der Waals surface area contributed by atoms with Crippen LogP contribution in [-0.4, -0.2) is 9.97 Å². The number of rotatable bonds is 18. The predicted molar refractivity (Wildman–Crippen MR) is 182 cm³/mol. The lowest BCUT2D eigenvalue weighted by molar-refractivity contribution is 0.223. The van der Waals surface area contributed by atoms with E-state index in [1.807, 2.05) is 0 Å². The van der Waals surface area contributed by atoms with Gasteiger partial charge in [0.15, 0.2) is 5.82 Å². The van der Waals surface area contributed by atoms with Crippen LogP contribution in [0.1, 0.15) is 184 Å². The van der Waals surface area contributed by atoms with Crippen LogP contribution in [-0.2, 0) is 0 Å². The Balaban J connectivity index is 1.18. The summed E-state index contributed by atoms with van der Waals surface area (Å²) in [5.41, 5.74) is 3.78. The quantitative estimate of drug-likeness (QED) is 0.164. The monoisotopic (exact) mass is 583 g/mol. The topological polar surface area (TPSA) is 49.6 Å². The van der Waals surface area contributed by atoms with Crippen LogP contribution in [0.3, 0.4) is 0 Å². The fourth-order valence-corrected chi connectivity index (χ4v) is 7.94. The first kappa shape index (κ1) is 33.7. The normalized spacial score (nSPS) is 24.1. The first-order valence-electron chi connectivity index (χ1n) is 18.5. The van der Waals surface area contributed by atoms with Gasteiger partial charge in [-0.3, -0.25) is 0 Å². The van der Waals surface area contributed by atoms with E-state index < -0.39 is 0 Å². The minimum atomic E-state index is -0.0798. The largest absolute Gasteiger partial charge is 0.236 e. The second-order valence-electron chi connectivity index (χ2n) is 14.3. The molecule has 3 heteroatoms. The molecule has 2 saturated carbocycles. The smallest absolute Gasteiger partial charge is 0.159 e. The second-order valence-corrected chi connectivity index (χ2v) is 14.3. The van der Waals surface area contributed by atoms with Crippen molar-refractivity contribution in [3.63, 3.8) is 0 Å². The van der Waals surface area contributed by atoms with Crippen LogP contribution in [0.15, 0.2) is 36.7 Å². The molecular formula is C40H61N3. The molecule has 0 N–H and O–H groups in total. The van der Waals surface area contributed by atoms with E-state index in [1.165, 1.54) is 127 Å². The molecule has 3 nitrogen and oxygen atoms in total. The van der Waals surface area contributed by atoms with Crippen LogP contribution in [0.2, 0.25) is 0 Å². The summed E-state index contributed by atoms with van der Waals surface area (Å²) in [5.74, 6) is 2.99. The van der Waals surface area contributed by atoms with Crippen LogP contribution in [0.5, 0.6) is 0 Å². The van der Waals surface area contributed by atoms with Crippen molar-refractivity contribution in [2.45, 2.75) is 173 Å². The van der Waals surface area contributed by atoms with Crippen LogP contribution >= 0.6 is 0 Å². The van der Waals surface area contributed by atoms with E-state index in [0.29, 0.717) is 11.8 Å². The fourth-order valence-electron chi connectivity index (χ4n) is 7.94. The maximum atomic E-state index is 10.0. The number of aromatic nitrogens is 2. The third-order valence-corrected chi connectivity index (χ3v) is 11.0. The molecule has 0 spiro atoms. The van der Waals surface area contributed by atoms with Gasteiger partial charge in [0.25, 0.3) is 0 Å². The zero-order valence-electron chi connectivity index (χ0n) is 27.8. The Morgan fingerprint density at radius 3 is 1.77 bits per heavy atom. The maximum absolute atomic E-state index is 10.0. The van der Waals surface area contributed by atoms with Crippen molar-refractivity contribution in [1.82, 2.24) is 9.97 Å². The molecule has 0 bridgehead atoms. The van der Waals surface area contributed by atoms with E-state index in [9.17, 15) is 5.26 Å². The molecular weight excluding hydrogens is 522 g/mol. The van der Waals surface area contributed by atoms with Crippen molar-refractivity contribution in [1.29, 1.82) is 5.26 Å². The fraction of sp³-hybridized carbons (Fsp3) is 0.725. The van der Waals surface area contributed by atoms with Crippen molar-refractivity contribution in [3.8, 4) is 17.5 Å². The third kappa shape index (κ3) is 10.7. The minimum Gasteiger partial charge on any atom is -0.236 e. The van der Waals surface area contributed by atoms with Crippen LogP contribution in [0.25, 0.3) is 11.4 Å². The van der Waals surface area contributed by atoms with E-state index in [1.54, 1.807) is 0 Å². The highest BCUT2D eigenvalue weighted by molar-refractivity contribution is 5.55. The van der Waals surface area contributed by atoms with E-state index in [2.05, 4.69) is 56.6 Å². The first-order chi connectivity index (χ1) is 21.2. The molecule has 43 heavy (non-hydrogen) atoms. The maximum Gasteiger partial charge on any atom is 0.159 e. The summed E-state index contributed by atoms with van der Waals surface area (Å²) in [7, 11) is 0. The number of nitriles is 1. The predicted octanol–water partition coefficient (Wildman–Crippen LogP) is 12.5. The van der Waals surface area contributed by atoms with Gasteiger partial charge in [-0.05, 0) is 86.7 Å². The van der Waals surface area contributed by atoms with Crippen molar-refractivity contribution < 1.29 is 0 Å². The summed E-state index contributed by atoms with van der Waals surface area (Å²) < 4.78 is 0. The molecule has 2 aliphatic carbocycles. The summed E-state index contributed by atoms with van der Waals surface area (Å²) in [6.45, 7) is 4.57. The summed E-state index contributed by atoms with van der Waals surface area (Å²) in [5, 5.41) is 10.0. The summed E-state index contributed by atoms with van der Waals surface area (Å²) in [4.78, 5) is 9.62. The molecule has 2 fully saturated rings. The number of nitrogens with zero attached hydrogens (tertiary/aromatic N) is 3. The Bertz CT molecular complexity index is 1050. The lowest BCUT2D eigenvalue weighted by Gasteiger charge is -2.35.